The molecule has 0 unspecified atom stereocenters. The van der Waals surface area contributed by atoms with E-state index in [1.54, 1.807) is 7.11 Å². The summed E-state index contributed by atoms with van der Waals surface area (Å²) in [4.78, 5) is 31.2. The van der Waals surface area contributed by atoms with E-state index in [0.29, 0.717) is 27.9 Å². The number of benzene rings is 2. The first-order valence-electron chi connectivity index (χ1n) is 8.42. The van der Waals surface area contributed by atoms with Gasteiger partial charge >= 0.3 is 0 Å². The molecule has 0 radical (unpaired) electrons. The Labute approximate surface area is 153 Å². The van der Waals surface area contributed by atoms with Gasteiger partial charge in [0.25, 0.3) is 11.8 Å². The molecule has 2 aromatic carbocycles. The fraction of sp³-hybridized carbons (Fsp3) is 0.100. The van der Waals surface area contributed by atoms with E-state index in [9.17, 15) is 9.59 Å². The molecule has 0 bridgehead atoms. The molecule has 1 N–H and O–H groups in total. The molecule has 1 aliphatic rings. The largest absolute Gasteiger partial charge is 0.496 e. The van der Waals surface area contributed by atoms with E-state index in [2.05, 4.69) is 15.2 Å². The molecule has 7 heteroatoms. The number of amides is 2. The smallest absolute Gasteiger partial charge is 0.263 e. The number of hydrogen-bond acceptors (Lipinski definition) is 5. The molecule has 7 nitrogen and oxygen atoms in total. The molecule has 4 aromatic rings. The summed E-state index contributed by atoms with van der Waals surface area (Å²) >= 11 is 0. The number of imide groups is 1. The molecule has 5 rings (SSSR count). The van der Waals surface area contributed by atoms with Crippen LogP contribution in [0.2, 0.25) is 0 Å². The molecule has 0 saturated carbocycles. The summed E-state index contributed by atoms with van der Waals surface area (Å²) in [5.74, 6) is -0.0453. The number of aromatic nitrogens is 3. The third-order valence-electron chi connectivity index (χ3n) is 4.91. The maximum absolute atomic E-state index is 13.0. The molecule has 0 aliphatic carbocycles. The van der Waals surface area contributed by atoms with Gasteiger partial charge in [0.2, 0.25) is 0 Å². The second-order valence-corrected chi connectivity index (χ2v) is 6.35. The summed E-state index contributed by atoms with van der Waals surface area (Å²) < 4.78 is 5.60. The van der Waals surface area contributed by atoms with Crippen molar-refractivity contribution >= 4 is 33.6 Å². The molecule has 1 aliphatic heterocycles. The van der Waals surface area contributed by atoms with E-state index < -0.39 is 0 Å². The van der Waals surface area contributed by atoms with Gasteiger partial charge in [0.1, 0.15) is 5.75 Å². The lowest BCUT2D eigenvalue weighted by atomic mass is 10.0. The van der Waals surface area contributed by atoms with Crippen LogP contribution < -0.4 is 4.74 Å². The van der Waals surface area contributed by atoms with Crippen molar-refractivity contribution in [1.29, 1.82) is 0 Å². The van der Waals surface area contributed by atoms with Crippen molar-refractivity contribution in [2.24, 2.45) is 0 Å². The number of pyridine rings is 1. The quantitative estimate of drug-likeness (QED) is 0.569. The molecule has 132 valence electrons. The van der Waals surface area contributed by atoms with E-state index in [-0.39, 0.29) is 18.4 Å². The van der Waals surface area contributed by atoms with Crippen molar-refractivity contribution in [3.63, 3.8) is 0 Å². The first-order chi connectivity index (χ1) is 13.2. The van der Waals surface area contributed by atoms with Gasteiger partial charge in [-0.25, -0.2) is 4.98 Å². The minimum Gasteiger partial charge on any atom is -0.496 e. The first-order valence-corrected chi connectivity index (χ1v) is 8.42. The summed E-state index contributed by atoms with van der Waals surface area (Å²) in [6.45, 7) is 0.125. The molecule has 0 fully saturated rings. The molecule has 2 aromatic heterocycles. The lowest BCUT2D eigenvalue weighted by Crippen LogP contribution is -2.29. The number of carbonyl (C=O) groups excluding carboxylic acids is 2. The molecule has 27 heavy (non-hydrogen) atoms. The maximum atomic E-state index is 13.0. The predicted molar refractivity (Wildman–Crippen MR) is 98.6 cm³/mol. The summed E-state index contributed by atoms with van der Waals surface area (Å²) in [6, 6.07) is 11.7. The average Bonchev–Trinajstić information content (AvgIpc) is 3.26. The third kappa shape index (κ3) is 2.15. The van der Waals surface area contributed by atoms with Gasteiger partial charge in [-0.05, 0) is 5.39 Å². The van der Waals surface area contributed by atoms with E-state index >= 15 is 0 Å². The Bertz CT molecular complexity index is 1240. The highest BCUT2D eigenvalue weighted by Crippen LogP contribution is 2.34. The Kier molecular flexibility index (Phi) is 3.24. The number of ether oxygens (including phenoxy) is 1. The van der Waals surface area contributed by atoms with Crippen LogP contribution in [0.3, 0.4) is 0 Å². The number of nitrogens with one attached hydrogen (secondary N) is 1. The van der Waals surface area contributed by atoms with Crippen molar-refractivity contribution in [2.45, 2.75) is 6.54 Å². The zero-order valence-corrected chi connectivity index (χ0v) is 14.4. The SMILES string of the molecule is COc1c(CN2C(=O)c3cnc4[nH]ncc4c3C2=O)ccc2ccccc12. The van der Waals surface area contributed by atoms with E-state index in [1.165, 1.54) is 17.3 Å². The summed E-state index contributed by atoms with van der Waals surface area (Å²) in [7, 11) is 1.59. The van der Waals surface area contributed by atoms with Crippen LogP contribution in [-0.4, -0.2) is 39.0 Å². The van der Waals surface area contributed by atoms with Gasteiger partial charge in [-0.3, -0.25) is 19.6 Å². The Morgan fingerprint density at radius 1 is 1.04 bits per heavy atom. The van der Waals surface area contributed by atoms with Crippen LogP contribution in [-0.2, 0) is 6.54 Å². The highest BCUT2D eigenvalue weighted by Gasteiger charge is 2.38. The van der Waals surface area contributed by atoms with Crippen molar-refractivity contribution < 1.29 is 14.3 Å². The number of H-pyrrole nitrogens is 1. The molecule has 0 saturated heterocycles. The van der Waals surface area contributed by atoms with Gasteiger partial charge in [0.05, 0.1) is 36.4 Å². The molecular formula is C20H14N4O3. The van der Waals surface area contributed by atoms with Crippen LogP contribution in [0.25, 0.3) is 21.8 Å². The van der Waals surface area contributed by atoms with Crippen molar-refractivity contribution in [1.82, 2.24) is 20.1 Å². The monoisotopic (exact) mass is 358 g/mol. The fourth-order valence-corrected chi connectivity index (χ4v) is 3.63. The predicted octanol–water partition coefficient (Wildman–Crippen LogP) is 2.92. The van der Waals surface area contributed by atoms with Crippen LogP contribution in [0.1, 0.15) is 26.3 Å². The van der Waals surface area contributed by atoms with Crippen molar-refractivity contribution in [3.8, 4) is 5.75 Å². The van der Waals surface area contributed by atoms with Gasteiger partial charge in [0.15, 0.2) is 5.65 Å². The highest BCUT2D eigenvalue weighted by atomic mass is 16.5. The van der Waals surface area contributed by atoms with Gasteiger partial charge in [-0.2, -0.15) is 5.10 Å². The highest BCUT2D eigenvalue weighted by molar-refractivity contribution is 6.25. The van der Waals surface area contributed by atoms with Crippen LogP contribution in [0.4, 0.5) is 0 Å². The summed E-state index contributed by atoms with van der Waals surface area (Å²) in [5, 5.41) is 9.17. The average molecular weight is 358 g/mol. The van der Waals surface area contributed by atoms with Crippen LogP contribution in [0.15, 0.2) is 48.8 Å². The second-order valence-electron chi connectivity index (χ2n) is 6.35. The van der Waals surface area contributed by atoms with E-state index in [4.69, 9.17) is 4.74 Å². The molecule has 2 amide bonds. The standard InChI is InChI=1S/C20H14N4O3/c1-27-17-12(7-6-11-4-2-3-5-13(11)17)10-24-19(25)15-8-21-18-14(9-22-23-18)16(15)20(24)26/h2-9H,10H2,1H3,(H,21,22,23). The van der Waals surface area contributed by atoms with Crippen LogP contribution in [0.5, 0.6) is 5.75 Å². The maximum Gasteiger partial charge on any atom is 0.263 e. The molecule has 0 atom stereocenters. The minimum absolute atomic E-state index is 0.125. The lowest BCUT2D eigenvalue weighted by Gasteiger charge is -2.17. The Morgan fingerprint density at radius 3 is 2.74 bits per heavy atom. The first kappa shape index (κ1) is 15.5. The summed E-state index contributed by atoms with van der Waals surface area (Å²) in [5.41, 5.74) is 1.90. The van der Waals surface area contributed by atoms with Gasteiger partial charge in [-0.15, -0.1) is 0 Å². The summed E-state index contributed by atoms with van der Waals surface area (Å²) in [6.07, 6.45) is 2.94. The number of hydrogen-bond donors (Lipinski definition) is 1. The third-order valence-corrected chi connectivity index (χ3v) is 4.91. The zero-order valence-electron chi connectivity index (χ0n) is 14.4. The molecular weight excluding hydrogens is 344 g/mol. The Hall–Kier alpha value is -3.74. The number of aromatic amines is 1. The topological polar surface area (TPSA) is 88.2 Å². The number of rotatable bonds is 3. The Balaban J connectivity index is 1.60. The normalized spacial score (nSPS) is 13.6. The van der Waals surface area contributed by atoms with Crippen LogP contribution >= 0.6 is 0 Å². The van der Waals surface area contributed by atoms with Gasteiger partial charge in [0, 0.05) is 17.1 Å². The zero-order chi connectivity index (χ0) is 18.5. The van der Waals surface area contributed by atoms with E-state index in [1.807, 2.05) is 36.4 Å². The Morgan fingerprint density at radius 2 is 1.89 bits per heavy atom. The second kappa shape index (κ2) is 5.63. The molecule has 0 spiro atoms. The minimum atomic E-state index is -0.360. The molecule has 3 heterocycles. The van der Waals surface area contributed by atoms with Gasteiger partial charge < -0.3 is 4.74 Å². The van der Waals surface area contributed by atoms with Crippen LogP contribution in [0, 0.1) is 0 Å². The fourth-order valence-electron chi connectivity index (χ4n) is 3.63. The number of fused-ring (bicyclic) bond motifs is 4. The number of carbonyl (C=O) groups is 2. The van der Waals surface area contributed by atoms with Crippen molar-refractivity contribution in [2.75, 3.05) is 7.11 Å². The number of nitrogens with zero attached hydrogens (tertiary/aromatic N) is 3. The van der Waals surface area contributed by atoms with Crippen molar-refractivity contribution in [3.05, 3.63) is 65.5 Å². The van der Waals surface area contributed by atoms with E-state index in [0.717, 1.165) is 16.3 Å². The number of methoxy groups -OCH3 is 1. The lowest BCUT2D eigenvalue weighted by molar-refractivity contribution is 0.0642. The van der Waals surface area contributed by atoms with Gasteiger partial charge in [-0.1, -0.05) is 36.4 Å².